The molecule has 0 bridgehead atoms. The van der Waals surface area contributed by atoms with Crippen molar-refractivity contribution in [2.75, 3.05) is 19.6 Å². The van der Waals surface area contributed by atoms with Crippen LogP contribution in [0.3, 0.4) is 0 Å². The van der Waals surface area contributed by atoms with Crippen LogP contribution < -0.4 is 0 Å². The minimum absolute atomic E-state index is 0.0222. The minimum Gasteiger partial charge on any atom is -0.302 e. The molecule has 0 radical (unpaired) electrons. The van der Waals surface area contributed by atoms with Gasteiger partial charge in [-0.15, -0.1) is 0 Å². The second kappa shape index (κ2) is 6.56. The van der Waals surface area contributed by atoms with Crippen molar-refractivity contribution >= 4 is 0 Å². The van der Waals surface area contributed by atoms with Crippen molar-refractivity contribution in [3.8, 4) is 6.07 Å². The highest BCUT2D eigenvalue weighted by molar-refractivity contribution is 5.29. The number of likely N-dealkylation sites (tertiary alicyclic amines) is 1. The smallest absolute Gasteiger partial charge is 0.0839 e. The molecule has 1 aromatic carbocycles. The van der Waals surface area contributed by atoms with Crippen molar-refractivity contribution in [3.05, 3.63) is 35.4 Å². The summed E-state index contributed by atoms with van der Waals surface area (Å²) in [4.78, 5) is 2.44. The predicted molar refractivity (Wildman–Crippen MR) is 74.5 cm³/mol. The molecule has 1 saturated heterocycles. The number of aryl methyl sites for hydroxylation is 1. The molecule has 1 aromatic rings. The van der Waals surface area contributed by atoms with Gasteiger partial charge in [-0.25, -0.2) is 0 Å². The predicted octanol–water partition coefficient (Wildman–Crippen LogP) is 3.34. The first-order chi connectivity index (χ1) is 8.83. The maximum atomic E-state index is 9.36. The molecule has 0 aromatic heterocycles. The Labute approximate surface area is 110 Å². The van der Waals surface area contributed by atoms with Gasteiger partial charge in [-0.2, -0.15) is 5.26 Å². The van der Waals surface area contributed by atoms with E-state index < -0.39 is 0 Å². The second-order valence-corrected chi connectivity index (χ2v) is 5.14. The molecule has 1 fully saturated rings. The van der Waals surface area contributed by atoms with Crippen LogP contribution in [0, 0.1) is 11.3 Å². The van der Waals surface area contributed by atoms with E-state index in [2.05, 4.69) is 42.2 Å². The number of piperidine rings is 1. The Morgan fingerprint density at radius 2 is 1.83 bits per heavy atom. The van der Waals surface area contributed by atoms with E-state index in [0.717, 1.165) is 26.1 Å². The lowest BCUT2D eigenvalue weighted by molar-refractivity contribution is 0.225. The topological polar surface area (TPSA) is 27.0 Å². The van der Waals surface area contributed by atoms with E-state index in [-0.39, 0.29) is 5.92 Å². The summed E-state index contributed by atoms with van der Waals surface area (Å²) >= 11 is 0. The highest BCUT2D eigenvalue weighted by Gasteiger charge is 2.17. The van der Waals surface area contributed by atoms with Gasteiger partial charge < -0.3 is 4.90 Å². The van der Waals surface area contributed by atoms with Gasteiger partial charge in [0, 0.05) is 6.54 Å². The zero-order chi connectivity index (χ0) is 12.8. The highest BCUT2D eigenvalue weighted by Crippen LogP contribution is 2.19. The Bertz CT molecular complexity index is 396. The first-order valence-corrected chi connectivity index (χ1v) is 7.04. The number of benzene rings is 1. The standard InChI is InChI=1S/C16H22N2/c1-2-14-6-8-15(9-7-14)16(12-17)13-18-10-4-3-5-11-18/h6-9,16H,2-5,10-11,13H2,1H3. The Kier molecular flexibility index (Phi) is 4.78. The molecule has 0 aliphatic carbocycles. The van der Waals surface area contributed by atoms with Gasteiger partial charge in [-0.3, -0.25) is 0 Å². The molecule has 0 amide bonds. The fraction of sp³-hybridized carbons (Fsp3) is 0.562. The summed E-state index contributed by atoms with van der Waals surface area (Å²) in [5.41, 5.74) is 2.51. The summed E-state index contributed by atoms with van der Waals surface area (Å²) in [7, 11) is 0. The lowest BCUT2D eigenvalue weighted by atomic mass is 9.97. The van der Waals surface area contributed by atoms with Gasteiger partial charge in [-0.05, 0) is 43.5 Å². The minimum atomic E-state index is 0.0222. The molecule has 96 valence electrons. The SMILES string of the molecule is CCc1ccc(C(C#N)CN2CCCCC2)cc1. The molecule has 2 nitrogen and oxygen atoms in total. The van der Waals surface area contributed by atoms with Crippen LogP contribution in [-0.2, 0) is 6.42 Å². The van der Waals surface area contributed by atoms with Gasteiger partial charge in [0.15, 0.2) is 0 Å². The van der Waals surface area contributed by atoms with Crippen molar-refractivity contribution in [1.82, 2.24) is 4.90 Å². The van der Waals surface area contributed by atoms with Gasteiger partial charge >= 0.3 is 0 Å². The first kappa shape index (κ1) is 13.1. The molecule has 0 saturated carbocycles. The zero-order valence-corrected chi connectivity index (χ0v) is 11.2. The van der Waals surface area contributed by atoms with E-state index in [9.17, 15) is 5.26 Å². The normalized spacial score (nSPS) is 18.2. The monoisotopic (exact) mass is 242 g/mol. The fourth-order valence-electron chi connectivity index (χ4n) is 2.61. The Morgan fingerprint density at radius 3 is 2.39 bits per heavy atom. The molecule has 2 rings (SSSR count). The summed E-state index contributed by atoms with van der Waals surface area (Å²) in [6.45, 7) is 5.36. The molecule has 1 unspecified atom stereocenters. The van der Waals surface area contributed by atoms with Crippen molar-refractivity contribution in [2.24, 2.45) is 0 Å². The Balaban J connectivity index is 2.00. The molecule has 0 N–H and O–H groups in total. The number of rotatable bonds is 4. The molecule has 18 heavy (non-hydrogen) atoms. The third-order valence-corrected chi connectivity index (χ3v) is 3.84. The number of hydrogen-bond acceptors (Lipinski definition) is 2. The van der Waals surface area contributed by atoms with Crippen LogP contribution in [0.5, 0.6) is 0 Å². The lowest BCUT2D eigenvalue weighted by Gasteiger charge is -2.28. The van der Waals surface area contributed by atoms with Gasteiger partial charge in [0.1, 0.15) is 0 Å². The Morgan fingerprint density at radius 1 is 1.17 bits per heavy atom. The van der Waals surface area contributed by atoms with Crippen LogP contribution in [0.15, 0.2) is 24.3 Å². The molecule has 1 atom stereocenters. The van der Waals surface area contributed by atoms with Crippen molar-refractivity contribution in [3.63, 3.8) is 0 Å². The average molecular weight is 242 g/mol. The Hall–Kier alpha value is -1.33. The van der Waals surface area contributed by atoms with E-state index >= 15 is 0 Å². The molecule has 0 spiro atoms. The zero-order valence-electron chi connectivity index (χ0n) is 11.2. The summed E-state index contributed by atoms with van der Waals surface area (Å²) in [5.74, 6) is 0.0222. The van der Waals surface area contributed by atoms with Crippen molar-refractivity contribution in [1.29, 1.82) is 5.26 Å². The van der Waals surface area contributed by atoms with Crippen LogP contribution in [-0.4, -0.2) is 24.5 Å². The van der Waals surface area contributed by atoms with Gasteiger partial charge in [0.05, 0.1) is 12.0 Å². The maximum absolute atomic E-state index is 9.36. The molecule has 1 aliphatic rings. The van der Waals surface area contributed by atoms with Crippen LogP contribution >= 0.6 is 0 Å². The first-order valence-electron chi connectivity index (χ1n) is 7.04. The van der Waals surface area contributed by atoms with Crippen LogP contribution in [0.2, 0.25) is 0 Å². The summed E-state index contributed by atoms with van der Waals surface area (Å²) in [6, 6.07) is 11.0. The van der Waals surface area contributed by atoms with E-state index in [0.29, 0.717) is 0 Å². The number of nitrogens with zero attached hydrogens (tertiary/aromatic N) is 2. The van der Waals surface area contributed by atoms with E-state index in [1.54, 1.807) is 0 Å². The molecule has 2 heteroatoms. The summed E-state index contributed by atoms with van der Waals surface area (Å²) < 4.78 is 0. The van der Waals surface area contributed by atoms with Crippen LogP contribution in [0.4, 0.5) is 0 Å². The maximum Gasteiger partial charge on any atom is 0.0839 e. The van der Waals surface area contributed by atoms with Crippen LogP contribution in [0.1, 0.15) is 43.2 Å². The number of nitriles is 1. The van der Waals surface area contributed by atoms with Gasteiger partial charge in [0.2, 0.25) is 0 Å². The lowest BCUT2D eigenvalue weighted by Crippen LogP contribution is -2.33. The third kappa shape index (κ3) is 3.34. The quantitative estimate of drug-likeness (QED) is 0.809. The summed E-state index contributed by atoms with van der Waals surface area (Å²) in [5, 5.41) is 9.36. The molecule has 1 aliphatic heterocycles. The molecular formula is C16H22N2. The van der Waals surface area contributed by atoms with E-state index in [1.165, 1.54) is 30.4 Å². The van der Waals surface area contributed by atoms with Crippen molar-refractivity contribution < 1.29 is 0 Å². The van der Waals surface area contributed by atoms with Crippen LogP contribution in [0.25, 0.3) is 0 Å². The van der Waals surface area contributed by atoms with E-state index in [1.807, 2.05) is 0 Å². The molecule has 1 heterocycles. The largest absolute Gasteiger partial charge is 0.302 e. The van der Waals surface area contributed by atoms with Gasteiger partial charge in [-0.1, -0.05) is 37.6 Å². The van der Waals surface area contributed by atoms with E-state index in [4.69, 9.17) is 0 Å². The highest BCUT2D eigenvalue weighted by atomic mass is 15.1. The molecular weight excluding hydrogens is 220 g/mol. The van der Waals surface area contributed by atoms with Gasteiger partial charge in [0.25, 0.3) is 0 Å². The average Bonchev–Trinajstić information content (AvgIpc) is 2.46. The fourth-order valence-corrected chi connectivity index (χ4v) is 2.61. The third-order valence-electron chi connectivity index (χ3n) is 3.84. The summed E-state index contributed by atoms with van der Waals surface area (Å²) in [6.07, 6.45) is 4.97. The van der Waals surface area contributed by atoms with Crippen molar-refractivity contribution in [2.45, 2.75) is 38.5 Å². The second-order valence-electron chi connectivity index (χ2n) is 5.14. The number of hydrogen-bond donors (Lipinski definition) is 0.